The summed E-state index contributed by atoms with van der Waals surface area (Å²) in [6, 6.07) is 5.77. The highest BCUT2D eigenvalue weighted by molar-refractivity contribution is 5.72. The second kappa shape index (κ2) is 6.46. The predicted octanol–water partition coefficient (Wildman–Crippen LogP) is 2.88. The summed E-state index contributed by atoms with van der Waals surface area (Å²) < 4.78 is 11.6. The zero-order valence-corrected chi connectivity index (χ0v) is 13.1. The third-order valence-corrected chi connectivity index (χ3v) is 4.75. The van der Waals surface area contributed by atoms with Crippen LogP contribution in [0.3, 0.4) is 0 Å². The Bertz CT molecular complexity index is 541. The van der Waals surface area contributed by atoms with Gasteiger partial charge in [0.2, 0.25) is 0 Å². The van der Waals surface area contributed by atoms with Gasteiger partial charge in [-0.3, -0.25) is 0 Å². The van der Waals surface area contributed by atoms with Crippen molar-refractivity contribution in [2.75, 3.05) is 20.2 Å². The number of likely N-dealkylation sites (tertiary alicyclic amines) is 1. The zero-order valence-electron chi connectivity index (χ0n) is 13.1. The number of benzene rings is 1. The molecule has 1 atom stereocenters. The lowest BCUT2D eigenvalue weighted by Gasteiger charge is -2.19. The minimum Gasteiger partial charge on any atom is -0.493 e. The number of rotatable bonds is 4. The average Bonchev–Trinajstić information content (AvgIpc) is 3.18. The maximum Gasteiger partial charge on any atom is 0.314 e. The van der Waals surface area contributed by atoms with Crippen LogP contribution < -0.4 is 15.2 Å². The lowest BCUT2D eigenvalue weighted by molar-refractivity contribution is 0.200. The number of carbonyl (C=O) groups is 1. The molecule has 2 amide bonds. The summed E-state index contributed by atoms with van der Waals surface area (Å²) in [6.07, 6.45) is 5.96. The monoisotopic (exact) mass is 304 g/mol. The fourth-order valence-electron chi connectivity index (χ4n) is 3.46. The summed E-state index contributed by atoms with van der Waals surface area (Å²) in [5.41, 5.74) is 6.56. The van der Waals surface area contributed by atoms with E-state index in [2.05, 4.69) is 12.1 Å². The second-order valence-electron chi connectivity index (χ2n) is 6.20. The molecule has 1 aromatic carbocycles. The molecule has 2 fully saturated rings. The summed E-state index contributed by atoms with van der Waals surface area (Å²) >= 11 is 0. The van der Waals surface area contributed by atoms with Gasteiger partial charge in [0.1, 0.15) is 0 Å². The van der Waals surface area contributed by atoms with Crippen molar-refractivity contribution < 1.29 is 14.3 Å². The molecule has 3 rings (SSSR count). The zero-order chi connectivity index (χ0) is 15.5. The van der Waals surface area contributed by atoms with Crippen LogP contribution in [-0.4, -0.2) is 37.2 Å². The Morgan fingerprint density at radius 2 is 2.00 bits per heavy atom. The molecule has 1 saturated carbocycles. The van der Waals surface area contributed by atoms with Crippen LogP contribution in [-0.2, 0) is 0 Å². The molecule has 1 aromatic rings. The van der Waals surface area contributed by atoms with E-state index in [4.69, 9.17) is 15.2 Å². The van der Waals surface area contributed by atoms with E-state index in [-0.39, 0.29) is 6.03 Å². The largest absolute Gasteiger partial charge is 0.493 e. The molecule has 5 heteroatoms. The van der Waals surface area contributed by atoms with Crippen LogP contribution >= 0.6 is 0 Å². The number of nitrogens with zero attached hydrogens (tertiary/aromatic N) is 1. The molecule has 1 heterocycles. The highest BCUT2D eigenvalue weighted by atomic mass is 16.5. The van der Waals surface area contributed by atoms with Gasteiger partial charge in [0, 0.05) is 19.0 Å². The van der Waals surface area contributed by atoms with Crippen molar-refractivity contribution in [3.8, 4) is 11.5 Å². The van der Waals surface area contributed by atoms with Gasteiger partial charge in [0.05, 0.1) is 13.2 Å². The molecule has 120 valence electrons. The maximum absolute atomic E-state index is 11.3. The van der Waals surface area contributed by atoms with Crippen LogP contribution in [0, 0.1) is 0 Å². The molecule has 22 heavy (non-hydrogen) atoms. The van der Waals surface area contributed by atoms with E-state index in [1.807, 2.05) is 6.07 Å². The molecule has 1 aliphatic heterocycles. The summed E-state index contributed by atoms with van der Waals surface area (Å²) in [5, 5.41) is 0. The molecule has 2 aliphatic rings. The Hall–Kier alpha value is -1.91. The predicted molar refractivity (Wildman–Crippen MR) is 84.4 cm³/mol. The summed E-state index contributed by atoms with van der Waals surface area (Å²) in [4.78, 5) is 13.0. The third-order valence-electron chi connectivity index (χ3n) is 4.75. The molecule has 1 aliphatic carbocycles. The van der Waals surface area contributed by atoms with Gasteiger partial charge in [-0.1, -0.05) is 6.07 Å². The minimum absolute atomic E-state index is 0.301. The fourth-order valence-corrected chi connectivity index (χ4v) is 3.46. The van der Waals surface area contributed by atoms with Crippen molar-refractivity contribution in [1.82, 2.24) is 4.90 Å². The normalized spacial score (nSPS) is 22.0. The summed E-state index contributed by atoms with van der Waals surface area (Å²) in [6.45, 7) is 1.41. The standard InChI is InChI=1S/C17H24N2O3/c1-21-15-7-6-12(13-8-9-19(11-13)17(18)20)10-16(15)22-14-4-2-3-5-14/h6-7,10,13-14H,2-5,8-9,11H2,1H3,(H2,18,20)/t13-/m0/s1. The van der Waals surface area contributed by atoms with Crippen LogP contribution in [0.4, 0.5) is 4.79 Å². The molecule has 5 nitrogen and oxygen atoms in total. The van der Waals surface area contributed by atoms with Crippen molar-refractivity contribution in [3.05, 3.63) is 23.8 Å². The van der Waals surface area contributed by atoms with Gasteiger partial charge in [-0.15, -0.1) is 0 Å². The molecule has 0 radical (unpaired) electrons. The summed E-state index contributed by atoms with van der Waals surface area (Å²) in [7, 11) is 1.67. The molecular formula is C17H24N2O3. The number of ether oxygens (including phenoxy) is 2. The van der Waals surface area contributed by atoms with Crippen LogP contribution in [0.15, 0.2) is 18.2 Å². The van der Waals surface area contributed by atoms with Gasteiger partial charge in [-0.25, -0.2) is 4.79 Å². The lowest BCUT2D eigenvalue weighted by Crippen LogP contribution is -2.33. The Labute approximate surface area is 131 Å². The van der Waals surface area contributed by atoms with E-state index in [1.54, 1.807) is 12.0 Å². The molecule has 0 aromatic heterocycles. The highest BCUT2D eigenvalue weighted by Crippen LogP contribution is 2.36. The van der Waals surface area contributed by atoms with Crippen LogP contribution in [0.25, 0.3) is 0 Å². The number of urea groups is 1. The quantitative estimate of drug-likeness (QED) is 0.930. The molecule has 0 bridgehead atoms. The van der Waals surface area contributed by atoms with Crippen molar-refractivity contribution in [2.24, 2.45) is 5.73 Å². The number of nitrogens with two attached hydrogens (primary N) is 1. The van der Waals surface area contributed by atoms with E-state index >= 15 is 0 Å². The van der Waals surface area contributed by atoms with Crippen LogP contribution in [0.1, 0.15) is 43.6 Å². The smallest absolute Gasteiger partial charge is 0.314 e. The molecule has 2 N–H and O–H groups in total. The Balaban J connectivity index is 1.76. The number of amides is 2. The van der Waals surface area contributed by atoms with Gasteiger partial charge < -0.3 is 20.1 Å². The lowest BCUT2D eigenvalue weighted by atomic mass is 9.98. The Morgan fingerprint density at radius 1 is 1.23 bits per heavy atom. The average molecular weight is 304 g/mol. The third kappa shape index (κ3) is 3.13. The first-order valence-electron chi connectivity index (χ1n) is 8.06. The van der Waals surface area contributed by atoms with E-state index in [1.165, 1.54) is 18.4 Å². The topological polar surface area (TPSA) is 64.8 Å². The SMILES string of the molecule is COc1ccc([C@H]2CCN(C(N)=O)C2)cc1OC1CCCC1. The second-order valence-corrected chi connectivity index (χ2v) is 6.20. The molecular weight excluding hydrogens is 280 g/mol. The maximum atomic E-state index is 11.3. The highest BCUT2D eigenvalue weighted by Gasteiger charge is 2.27. The molecule has 1 saturated heterocycles. The van der Waals surface area contributed by atoms with Gasteiger partial charge >= 0.3 is 6.03 Å². The first-order valence-corrected chi connectivity index (χ1v) is 8.06. The van der Waals surface area contributed by atoms with Crippen molar-refractivity contribution in [3.63, 3.8) is 0 Å². The van der Waals surface area contributed by atoms with Crippen LogP contribution in [0.2, 0.25) is 0 Å². The number of carbonyl (C=O) groups excluding carboxylic acids is 1. The van der Waals surface area contributed by atoms with Gasteiger partial charge in [0.15, 0.2) is 11.5 Å². The summed E-state index contributed by atoms with van der Waals surface area (Å²) in [5.74, 6) is 1.93. The fraction of sp³-hybridized carbons (Fsp3) is 0.588. The van der Waals surface area contributed by atoms with Gasteiger partial charge in [-0.2, -0.15) is 0 Å². The van der Waals surface area contributed by atoms with Gasteiger partial charge in [0.25, 0.3) is 0 Å². The number of hydrogen-bond acceptors (Lipinski definition) is 3. The minimum atomic E-state index is -0.335. The van der Waals surface area contributed by atoms with Crippen LogP contribution in [0.5, 0.6) is 11.5 Å². The van der Waals surface area contributed by atoms with Gasteiger partial charge in [-0.05, 0) is 49.8 Å². The van der Waals surface area contributed by atoms with E-state index in [9.17, 15) is 4.79 Å². The number of hydrogen-bond donors (Lipinski definition) is 1. The van der Waals surface area contributed by atoms with Crippen molar-refractivity contribution in [1.29, 1.82) is 0 Å². The van der Waals surface area contributed by atoms with E-state index in [0.717, 1.165) is 37.3 Å². The molecule has 0 unspecified atom stereocenters. The Morgan fingerprint density at radius 3 is 2.64 bits per heavy atom. The molecule has 0 spiro atoms. The first kappa shape index (κ1) is 15.0. The first-order chi connectivity index (χ1) is 10.7. The Kier molecular flexibility index (Phi) is 4.41. The van der Waals surface area contributed by atoms with E-state index < -0.39 is 0 Å². The van der Waals surface area contributed by atoms with Crippen molar-refractivity contribution in [2.45, 2.75) is 44.1 Å². The number of methoxy groups -OCH3 is 1. The number of primary amides is 1. The van der Waals surface area contributed by atoms with E-state index in [0.29, 0.717) is 18.6 Å². The van der Waals surface area contributed by atoms with Crippen molar-refractivity contribution >= 4 is 6.03 Å².